The maximum Gasteiger partial charge on any atom is 0.220 e. The van der Waals surface area contributed by atoms with Crippen LogP contribution in [-0.4, -0.2) is 87.5 Å². The van der Waals surface area contributed by atoms with Crippen molar-refractivity contribution in [3.63, 3.8) is 0 Å². The zero-order chi connectivity index (χ0) is 38.8. The van der Waals surface area contributed by atoms with Crippen LogP contribution in [0.3, 0.4) is 0 Å². The summed E-state index contributed by atoms with van der Waals surface area (Å²) in [7, 11) is 0. The number of nitrogens with one attached hydrogen (secondary N) is 1. The highest BCUT2D eigenvalue weighted by Gasteiger charge is 2.44. The van der Waals surface area contributed by atoms with Crippen LogP contribution in [0.2, 0.25) is 0 Å². The Bertz CT molecular complexity index is 842. The number of hydrogen-bond donors (Lipinski definition) is 6. The van der Waals surface area contributed by atoms with Crippen molar-refractivity contribution in [2.45, 2.75) is 249 Å². The Kier molecular flexibility index (Phi) is 33.3. The van der Waals surface area contributed by atoms with Gasteiger partial charge in [-0.3, -0.25) is 4.79 Å². The van der Waals surface area contributed by atoms with Gasteiger partial charge in [0.1, 0.15) is 24.4 Å². The van der Waals surface area contributed by atoms with E-state index in [4.69, 9.17) is 9.47 Å². The Labute approximate surface area is 325 Å². The molecule has 0 aromatic rings. The van der Waals surface area contributed by atoms with Crippen molar-refractivity contribution < 1.29 is 39.8 Å². The zero-order valence-corrected chi connectivity index (χ0v) is 34.3. The van der Waals surface area contributed by atoms with Gasteiger partial charge in [0.15, 0.2) is 6.29 Å². The molecule has 7 atom stereocenters. The van der Waals surface area contributed by atoms with Gasteiger partial charge >= 0.3 is 0 Å². The van der Waals surface area contributed by atoms with Crippen molar-refractivity contribution >= 4 is 5.91 Å². The van der Waals surface area contributed by atoms with Crippen molar-refractivity contribution in [1.29, 1.82) is 0 Å². The monoisotopic (exact) mass is 756 g/mol. The summed E-state index contributed by atoms with van der Waals surface area (Å²) in [6.45, 7) is 3.82. The van der Waals surface area contributed by atoms with E-state index in [0.29, 0.717) is 12.8 Å². The van der Waals surface area contributed by atoms with Gasteiger partial charge in [-0.05, 0) is 38.5 Å². The van der Waals surface area contributed by atoms with E-state index >= 15 is 0 Å². The molecule has 1 aliphatic heterocycles. The minimum absolute atomic E-state index is 0.136. The van der Waals surface area contributed by atoms with Crippen LogP contribution in [-0.2, 0) is 14.3 Å². The average molecular weight is 756 g/mol. The summed E-state index contributed by atoms with van der Waals surface area (Å²) in [6, 6.07) is -0.714. The summed E-state index contributed by atoms with van der Waals surface area (Å²) >= 11 is 0. The highest BCUT2D eigenvalue weighted by Crippen LogP contribution is 2.23. The molecule has 0 spiro atoms. The number of allylic oxidation sites excluding steroid dienone is 2. The summed E-state index contributed by atoms with van der Waals surface area (Å²) in [4.78, 5) is 12.9. The van der Waals surface area contributed by atoms with Crippen molar-refractivity contribution in [2.75, 3.05) is 13.2 Å². The normalized spacial score (nSPS) is 21.7. The molecule has 0 bridgehead atoms. The van der Waals surface area contributed by atoms with Crippen LogP contribution in [0.25, 0.3) is 0 Å². The Morgan fingerprint density at radius 2 is 1.06 bits per heavy atom. The second-order valence-electron chi connectivity index (χ2n) is 15.8. The Hall–Kier alpha value is -1.07. The predicted molar refractivity (Wildman–Crippen MR) is 217 cm³/mol. The number of ether oxygens (including phenoxy) is 2. The zero-order valence-electron chi connectivity index (χ0n) is 34.3. The van der Waals surface area contributed by atoms with Gasteiger partial charge in [-0.1, -0.05) is 174 Å². The fourth-order valence-electron chi connectivity index (χ4n) is 7.21. The number of carbonyl (C=O) groups is 1. The summed E-state index contributed by atoms with van der Waals surface area (Å²) in [5, 5.41) is 54.2. The molecule has 314 valence electrons. The SMILES string of the molecule is CCCCCCCC/C=C/CCCCCCCCCCCC(=O)N[C@@H](CO[C@H]1O[C@@H](CO)[C@H](O)C(O)C1O)[C@H](O)CCCCCCCCCCCCC. The molecule has 6 N–H and O–H groups in total. The quantitative estimate of drug-likeness (QED) is 0.0272. The molecule has 9 heteroatoms. The molecule has 0 saturated carbocycles. The lowest BCUT2D eigenvalue weighted by molar-refractivity contribution is -0.302. The minimum atomic E-state index is -1.55. The average Bonchev–Trinajstić information content (AvgIpc) is 3.16. The Morgan fingerprint density at radius 1 is 0.623 bits per heavy atom. The van der Waals surface area contributed by atoms with Crippen LogP contribution in [0.4, 0.5) is 0 Å². The van der Waals surface area contributed by atoms with E-state index in [9.17, 15) is 30.3 Å². The van der Waals surface area contributed by atoms with Crippen LogP contribution < -0.4 is 5.32 Å². The standard InChI is InChI=1S/C44H85NO8/c1-3-5-7-9-11-13-15-16-17-18-19-20-21-22-24-26-28-30-32-34-40(48)45-37(36-52-44-43(51)42(50)41(49)39(35-46)53-44)38(47)33-31-29-27-25-23-14-12-10-8-6-4-2/h16-17,37-39,41-44,46-47,49-51H,3-15,18-36H2,1-2H3,(H,45,48)/b17-16+/t37-,38+,39-,41-,42?,43?,44-/m0/s1. The van der Waals surface area contributed by atoms with Crippen molar-refractivity contribution in [2.24, 2.45) is 0 Å². The number of carbonyl (C=O) groups excluding carboxylic acids is 1. The molecule has 1 rings (SSSR count). The van der Waals surface area contributed by atoms with Gasteiger partial charge in [-0.15, -0.1) is 0 Å². The highest BCUT2D eigenvalue weighted by atomic mass is 16.7. The molecule has 0 aliphatic carbocycles. The van der Waals surface area contributed by atoms with Gasteiger partial charge in [0.25, 0.3) is 0 Å². The van der Waals surface area contributed by atoms with Crippen molar-refractivity contribution in [1.82, 2.24) is 5.32 Å². The lowest BCUT2D eigenvalue weighted by atomic mass is 9.99. The first-order valence-electron chi connectivity index (χ1n) is 22.4. The molecule has 53 heavy (non-hydrogen) atoms. The van der Waals surface area contributed by atoms with E-state index in [0.717, 1.165) is 38.5 Å². The number of hydrogen-bond acceptors (Lipinski definition) is 8. The molecule has 1 amide bonds. The third-order valence-electron chi connectivity index (χ3n) is 10.9. The van der Waals surface area contributed by atoms with Crippen LogP contribution in [0.15, 0.2) is 12.2 Å². The Morgan fingerprint density at radius 3 is 1.53 bits per heavy atom. The molecule has 0 aromatic carbocycles. The number of unbranched alkanes of at least 4 members (excludes halogenated alkanes) is 25. The second-order valence-corrected chi connectivity index (χ2v) is 15.8. The molecule has 1 saturated heterocycles. The number of amides is 1. The van der Waals surface area contributed by atoms with Crippen LogP contribution in [0.5, 0.6) is 0 Å². The smallest absolute Gasteiger partial charge is 0.220 e. The Balaban J connectivity index is 2.30. The third-order valence-corrected chi connectivity index (χ3v) is 10.9. The fourth-order valence-corrected chi connectivity index (χ4v) is 7.21. The molecular formula is C44H85NO8. The van der Waals surface area contributed by atoms with Gasteiger partial charge < -0.3 is 40.3 Å². The van der Waals surface area contributed by atoms with E-state index in [2.05, 4.69) is 31.3 Å². The van der Waals surface area contributed by atoms with E-state index in [1.807, 2.05) is 0 Å². The van der Waals surface area contributed by atoms with Gasteiger partial charge in [0, 0.05) is 6.42 Å². The summed E-state index contributed by atoms with van der Waals surface area (Å²) in [5.41, 5.74) is 0. The maximum atomic E-state index is 12.9. The van der Waals surface area contributed by atoms with E-state index < -0.39 is 49.5 Å². The van der Waals surface area contributed by atoms with Gasteiger partial charge in [-0.25, -0.2) is 0 Å². The van der Waals surface area contributed by atoms with Crippen molar-refractivity contribution in [3.05, 3.63) is 12.2 Å². The summed E-state index contributed by atoms with van der Waals surface area (Å²) in [6.07, 6.45) is 32.2. The van der Waals surface area contributed by atoms with Crippen LogP contribution in [0.1, 0.15) is 206 Å². The molecular weight excluding hydrogens is 670 g/mol. The predicted octanol–water partition coefficient (Wildman–Crippen LogP) is 8.95. The second kappa shape index (κ2) is 35.4. The van der Waals surface area contributed by atoms with E-state index in [1.165, 1.54) is 141 Å². The van der Waals surface area contributed by atoms with Gasteiger partial charge in [0.2, 0.25) is 5.91 Å². The first kappa shape index (κ1) is 49.9. The van der Waals surface area contributed by atoms with Gasteiger partial charge in [0.05, 0.1) is 25.4 Å². The number of aliphatic hydroxyl groups excluding tert-OH is 5. The summed E-state index contributed by atoms with van der Waals surface area (Å²) < 4.78 is 11.2. The molecule has 0 radical (unpaired) electrons. The van der Waals surface area contributed by atoms with Crippen LogP contribution in [0, 0.1) is 0 Å². The van der Waals surface area contributed by atoms with E-state index in [-0.39, 0.29) is 12.5 Å². The molecule has 2 unspecified atom stereocenters. The fraction of sp³-hybridized carbons (Fsp3) is 0.932. The molecule has 1 heterocycles. The number of aliphatic hydroxyl groups is 5. The third kappa shape index (κ3) is 26.4. The van der Waals surface area contributed by atoms with E-state index in [1.54, 1.807) is 0 Å². The van der Waals surface area contributed by atoms with Crippen LogP contribution >= 0.6 is 0 Å². The summed E-state index contributed by atoms with van der Waals surface area (Å²) in [5.74, 6) is -0.147. The first-order valence-corrected chi connectivity index (χ1v) is 22.4. The largest absolute Gasteiger partial charge is 0.394 e. The molecule has 0 aromatic heterocycles. The number of rotatable bonds is 37. The topological polar surface area (TPSA) is 149 Å². The lowest BCUT2D eigenvalue weighted by Crippen LogP contribution is -2.60. The molecule has 1 fully saturated rings. The minimum Gasteiger partial charge on any atom is -0.394 e. The van der Waals surface area contributed by atoms with Crippen molar-refractivity contribution in [3.8, 4) is 0 Å². The highest BCUT2D eigenvalue weighted by molar-refractivity contribution is 5.76. The molecule has 9 nitrogen and oxygen atoms in total. The molecule has 1 aliphatic rings. The first-order chi connectivity index (χ1) is 25.8. The maximum absolute atomic E-state index is 12.9. The van der Waals surface area contributed by atoms with Gasteiger partial charge in [-0.2, -0.15) is 0 Å². The lowest BCUT2D eigenvalue weighted by Gasteiger charge is -2.40.